The molecule has 0 atom stereocenters. The van der Waals surface area contributed by atoms with E-state index in [4.69, 9.17) is 0 Å². The van der Waals surface area contributed by atoms with Crippen LogP contribution in [0.2, 0.25) is 0 Å². The maximum absolute atomic E-state index is 4.15. The lowest BCUT2D eigenvalue weighted by Crippen LogP contribution is -2.15. The topological polar surface area (TPSA) is 0 Å². The van der Waals surface area contributed by atoms with Crippen LogP contribution in [0.25, 0.3) is 0 Å². The lowest BCUT2D eigenvalue weighted by atomic mass is 9.79. The molecule has 112 valence electrons. The fourth-order valence-corrected chi connectivity index (χ4v) is 2.45. The van der Waals surface area contributed by atoms with Gasteiger partial charge < -0.3 is 0 Å². The van der Waals surface area contributed by atoms with Gasteiger partial charge in [-0.05, 0) is 37.7 Å². The quantitative estimate of drug-likeness (QED) is 0.334. The highest BCUT2D eigenvalue weighted by atomic mass is 14.2. The Labute approximate surface area is 127 Å². The minimum atomic E-state index is 0.0874. The highest BCUT2D eigenvalue weighted by Crippen LogP contribution is 2.30. The Morgan fingerprint density at radius 3 is 2.25 bits per heavy atom. The van der Waals surface area contributed by atoms with Gasteiger partial charge in [0.15, 0.2) is 0 Å². The van der Waals surface area contributed by atoms with E-state index in [0.29, 0.717) is 0 Å². The molecule has 0 aliphatic carbocycles. The van der Waals surface area contributed by atoms with Crippen LogP contribution in [0.5, 0.6) is 0 Å². The van der Waals surface area contributed by atoms with Crippen molar-refractivity contribution in [3.8, 4) is 11.8 Å². The summed E-state index contributed by atoms with van der Waals surface area (Å²) < 4.78 is 0. The van der Waals surface area contributed by atoms with E-state index in [-0.39, 0.29) is 5.41 Å². The first-order valence-corrected chi connectivity index (χ1v) is 8.07. The third-order valence-electron chi connectivity index (χ3n) is 3.90. The predicted molar refractivity (Wildman–Crippen MR) is 92.6 cm³/mol. The second-order valence-electron chi connectivity index (χ2n) is 5.53. The van der Waals surface area contributed by atoms with Crippen LogP contribution in [0.1, 0.15) is 72.6 Å². The summed E-state index contributed by atoms with van der Waals surface area (Å²) in [7, 11) is 0. The Morgan fingerprint density at radius 2 is 1.80 bits per heavy atom. The van der Waals surface area contributed by atoms with E-state index in [9.17, 15) is 0 Å². The van der Waals surface area contributed by atoms with Crippen LogP contribution in [0.3, 0.4) is 0 Å². The maximum Gasteiger partial charge on any atom is 0.0347 e. The maximum atomic E-state index is 4.15. The summed E-state index contributed by atoms with van der Waals surface area (Å²) in [6.45, 7) is 16.9. The first-order chi connectivity index (χ1) is 9.57. The molecular weight excluding hydrogens is 240 g/mol. The Hall–Kier alpha value is -1.22. The smallest absolute Gasteiger partial charge is 0.0347 e. The zero-order valence-electron chi connectivity index (χ0n) is 14.0. The van der Waals surface area contributed by atoms with E-state index in [0.717, 1.165) is 44.1 Å². The molecule has 0 rings (SSSR count). The first-order valence-electron chi connectivity index (χ1n) is 8.07. The van der Waals surface area contributed by atoms with E-state index in [1.54, 1.807) is 0 Å². The Balaban J connectivity index is 4.85. The van der Waals surface area contributed by atoms with E-state index in [1.165, 1.54) is 12.0 Å². The molecular formula is C20H32. The minimum absolute atomic E-state index is 0.0874. The molecule has 20 heavy (non-hydrogen) atoms. The molecule has 0 aliphatic heterocycles. The van der Waals surface area contributed by atoms with Gasteiger partial charge in [0.2, 0.25) is 0 Å². The van der Waals surface area contributed by atoms with Crippen LogP contribution >= 0.6 is 0 Å². The SMILES string of the molecule is C=CCC(C#CC(=C)C/C(=C\CC)CCC)(CC)CC. The van der Waals surface area contributed by atoms with E-state index < -0.39 is 0 Å². The molecule has 0 heterocycles. The van der Waals surface area contributed by atoms with Crippen molar-refractivity contribution in [2.45, 2.75) is 72.6 Å². The molecule has 0 aliphatic rings. The van der Waals surface area contributed by atoms with Crippen molar-refractivity contribution >= 4 is 0 Å². The second kappa shape index (κ2) is 10.6. The molecule has 0 aromatic rings. The highest BCUT2D eigenvalue weighted by molar-refractivity contribution is 5.32. The fourth-order valence-electron chi connectivity index (χ4n) is 2.45. The number of rotatable bonds is 9. The molecule has 0 unspecified atom stereocenters. The average Bonchev–Trinajstić information content (AvgIpc) is 2.44. The largest absolute Gasteiger partial charge is 0.103 e. The van der Waals surface area contributed by atoms with Crippen molar-refractivity contribution < 1.29 is 0 Å². The zero-order valence-corrected chi connectivity index (χ0v) is 14.0. The minimum Gasteiger partial charge on any atom is -0.103 e. The van der Waals surface area contributed by atoms with Gasteiger partial charge in [0, 0.05) is 11.8 Å². The van der Waals surface area contributed by atoms with Crippen molar-refractivity contribution in [1.29, 1.82) is 0 Å². The highest BCUT2D eigenvalue weighted by Gasteiger charge is 2.21. The van der Waals surface area contributed by atoms with Crippen LogP contribution in [-0.2, 0) is 0 Å². The summed E-state index contributed by atoms with van der Waals surface area (Å²) in [5.41, 5.74) is 2.62. The number of hydrogen-bond acceptors (Lipinski definition) is 0. The van der Waals surface area contributed by atoms with Gasteiger partial charge in [-0.2, -0.15) is 0 Å². The average molecular weight is 272 g/mol. The summed E-state index contributed by atoms with van der Waals surface area (Å²) in [6, 6.07) is 0. The molecule has 0 aromatic heterocycles. The Kier molecular flexibility index (Phi) is 9.91. The molecule has 0 N–H and O–H groups in total. The van der Waals surface area contributed by atoms with Gasteiger partial charge in [-0.1, -0.05) is 70.3 Å². The van der Waals surface area contributed by atoms with E-state index in [1.807, 2.05) is 6.08 Å². The summed E-state index contributed by atoms with van der Waals surface area (Å²) in [6.07, 6.45) is 11.8. The molecule has 0 nitrogen and oxygen atoms in total. The molecule has 0 amide bonds. The van der Waals surface area contributed by atoms with E-state index in [2.05, 4.69) is 58.8 Å². The summed E-state index contributed by atoms with van der Waals surface area (Å²) >= 11 is 0. The third-order valence-corrected chi connectivity index (χ3v) is 3.90. The second-order valence-corrected chi connectivity index (χ2v) is 5.53. The molecule has 0 heteroatoms. The zero-order chi connectivity index (χ0) is 15.4. The monoisotopic (exact) mass is 272 g/mol. The molecule has 0 saturated carbocycles. The first kappa shape index (κ1) is 18.8. The predicted octanol–water partition coefficient (Wildman–Crippen LogP) is 6.46. The lowest BCUT2D eigenvalue weighted by Gasteiger charge is -2.23. The molecule has 0 spiro atoms. The Morgan fingerprint density at radius 1 is 1.15 bits per heavy atom. The van der Waals surface area contributed by atoms with Crippen LogP contribution < -0.4 is 0 Å². The van der Waals surface area contributed by atoms with Gasteiger partial charge >= 0.3 is 0 Å². The Bertz CT molecular complexity index is 380. The number of hydrogen-bond donors (Lipinski definition) is 0. The van der Waals surface area contributed by atoms with Gasteiger partial charge in [-0.15, -0.1) is 6.58 Å². The summed E-state index contributed by atoms with van der Waals surface area (Å²) in [5.74, 6) is 6.80. The van der Waals surface area contributed by atoms with Crippen LogP contribution in [0.15, 0.2) is 36.5 Å². The van der Waals surface area contributed by atoms with Gasteiger partial charge in [-0.25, -0.2) is 0 Å². The standard InChI is InChI=1S/C20H32/c1-7-12-19(13-8-2)17-18(6)14-16-20(10-4,11-5)15-9-3/h9,12H,3,6-8,10-11,13,15,17H2,1-2,4-5H3/b19-12-. The molecule has 0 radical (unpaired) electrons. The third kappa shape index (κ3) is 6.80. The number of allylic oxidation sites excluding steroid dienone is 4. The fraction of sp³-hybridized carbons (Fsp3) is 0.600. The van der Waals surface area contributed by atoms with Gasteiger partial charge in [-0.3, -0.25) is 0 Å². The van der Waals surface area contributed by atoms with Crippen molar-refractivity contribution in [2.75, 3.05) is 0 Å². The van der Waals surface area contributed by atoms with Gasteiger partial charge in [0.05, 0.1) is 0 Å². The van der Waals surface area contributed by atoms with Crippen LogP contribution in [0, 0.1) is 17.3 Å². The van der Waals surface area contributed by atoms with Gasteiger partial charge in [0.25, 0.3) is 0 Å². The van der Waals surface area contributed by atoms with Crippen molar-refractivity contribution in [1.82, 2.24) is 0 Å². The lowest BCUT2D eigenvalue weighted by molar-refractivity contribution is 0.376. The molecule has 0 bridgehead atoms. The summed E-state index contributed by atoms with van der Waals surface area (Å²) in [4.78, 5) is 0. The molecule has 0 aromatic carbocycles. The van der Waals surface area contributed by atoms with E-state index >= 15 is 0 Å². The van der Waals surface area contributed by atoms with Gasteiger partial charge in [0.1, 0.15) is 0 Å². The van der Waals surface area contributed by atoms with Crippen molar-refractivity contribution in [3.63, 3.8) is 0 Å². The van der Waals surface area contributed by atoms with Crippen LogP contribution in [-0.4, -0.2) is 0 Å². The summed E-state index contributed by atoms with van der Waals surface area (Å²) in [5, 5.41) is 0. The van der Waals surface area contributed by atoms with Crippen LogP contribution in [0.4, 0.5) is 0 Å². The normalized spacial score (nSPS) is 11.7. The molecule has 0 saturated heterocycles. The van der Waals surface area contributed by atoms with Crippen molar-refractivity contribution in [2.24, 2.45) is 5.41 Å². The van der Waals surface area contributed by atoms with Crippen molar-refractivity contribution in [3.05, 3.63) is 36.5 Å². The molecule has 0 fully saturated rings.